The number of carbonyl (C=O) groups is 1. The first-order valence-electron chi connectivity index (χ1n) is 8.70. The molecule has 5 nitrogen and oxygen atoms in total. The van der Waals surface area contributed by atoms with Gasteiger partial charge in [-0.05, 0) is 60.0 Å². The number of rotatable bonds is 6. The zero-order chi connectivity index (χ0) is 20.5. The highest BCUT2D eigenvalue weighted by Crippen LogP contribution is 2.38. The van der Waals surface area contributed by atoms with E-state index in [2.05, 4.69) is 0 Å². The summed E-state index contributed by atoms with van der Waals surface area (Å²) in [5, 5.41) is 5.18. The van der Waals surface area contributed by atoms with Gasteiger partial charge in [0.05, 0.1) is 16.9 Å². The van der Waals surface area contributed by atoms with Crippen molar-refractivity contribution in [2.45, 2.75) is 25.2 Å². The summed E-state index contributed by atoms with van der Waals surface area (Å²) in [5.74, 6) is 0.804. The standard InChI is InChI=1S/C21H21NO4S2/c1-4-18(23)20-11-13(2)21(27-20)15-7-10-19(26-3)17(12-15)14-5-8-16(9-6-14)28(22,24)25/h5-12H,4H2,1-3H3,(H2,22,24,25). The van der Waals surface area contributed by atoms with Crippen LogP contribution in [0.1, 0.15) is 28.6 Å². The molecule has 0 saturated carbocycles. The lowest BCUT2D eigenvalue weighted by atomic mass is 10.00. The Morgan fingerprint density at radius 3 is 2.29 bits per heavy atom. The summed E-state index contributed by atoms with van der Waals surface area (Å²) < 4.78 is 28.5. The molecule has 3 aromatic rings. The second kappa shape index (κ2) is 7.87. The minimum atomic E-state index is -3.74. The van der Waals surface area contributed by atoms with Gasteiger partial charge in [-0.25, -0.2) is 13.6 Å². The van der Waals surface area contributed by atoms with Crippen LogP contribution < -0.4 is 9.88 Å². The molecule has 0 bridgehead atoms. The Morgan fingerprint density at radius 1 is 1.07 bits per heavy atom. The number of thiophene rings is 1. The highest BCUT2D eigenvalue weighted by Gasteiger charge is 2.15. The number of methoxy groups -OCH3 is 1. The SMILES string of the molecule is CCC(=O)c1cc(C)c(-c2ccc(OC)c(-c3ccc(S(N)(=O)=O)cc3)c2)s1. The molecule has 0 saturated heterocycles. The number of benzene rings is 2. The van der Waals surface area contributed by atoms with Gasteiger partial charge in [0.25, 0.3) is 0 Å². The molecule has 146 valence electrons. The van der Waals surface area contributed by atoms with Crippen molar-refractivity contribution >= 4 is 27.1 Å². The van der Waals surface area contributed by atoms with Gasteiger partial charge in [0, 0.05) is 16.9 Å². The number of ether oxygens (including phenoxy) is 1. The Morgan fingerprint density at radius 2 is 1.71 bits per heavy atom. The highest BCUT2D eigenvalue weighted by atomic mass is 32.2. The van der Waals surface area contributed by atoms with Crippen LogP contribution in [0.4, 0.5) is 0 Å². The van der Waals surface area contributed by atoms with Gasteiger partial charge in [-0.15, -0.1) is 11.3 Å². The Bertz CT molecular complexity index is 1130. The summed E-state index contributed by atoms with van der Waals surface area (Å²) in [6, 6.07) is 14.1. The van der Waals surface area contributed by atoms with Crippen LogP contribution in [0.25, 0.3) is 21.6 Å². The third-order valence-electron chi connectivity index (χ3n) is 4.47. The first-order chi connectivity index (χ1) is 13.2. The minimum Gasteiger partial charge on any atom is -0.496 e. The van der Waals surface area contributed by atoms with Gasteiger partial charge in [-0.2, -0.15) is 0 Å². The molecule has 0 aliphatic rings. The normalized spacial score (nSPS) is 11.4. The van der Waals surface area contributed by atoms with Crippen molar-refractivity contribution in [2.24, 2.45) is 5.14 Å². The van der Waals surface area contributed by atoms with E-state index in [9.17, 15) is 13.2 Å². The minimum absolute atomic E-state index is 0.0585. The number of primary sulfonamides is 1. The maximum atomic E-state index is 12.0. The smallest absolute Gasteiger partial charge is 0.238 e. The van der Waals surface area contributed by atoms with Gasteiger partial charge in [0.1, 0.15) is 5.75 Å². The number of sulfonamides is 1. The van der Waals surface area contributed by atoms with Crippen LogP contribution in [-0.4, -0.2) is 21.3 Å². The maximum absolute atomic E-state index is 12.0. The zero-order valence-electron chi connectivity index (χ0n) is 15.9. The summed E-state index contributed by atoms with van der Waals surface area (Å²) in [6.07, 6.45) is 0.476. The lowest BCUT2D eigenvalue weighted by Crippen LogP contribution is -2.11. The number of carbonyl (C=O) groups excluding carboxylic acids is 1. The molecule has 0 radical (unpaired) electrons. The molecular formula is C21H21NO4S2. The summed E-state index contributed by atoms with van der Waals surface area (Å²) in [7, 11) is -2.15. The van der Waals surface area contributed by atoms with E-state index in [0.29, 0.717) is 12.2 Å². The molecule has 0 fully saturated rings. The van der Waals surface area contributed by atoms with Crippen molar-refractivity contribution in [1.29, 1.82) is 0 Å². The average molecular weight is 416 g/mol. The van der Waals surface area contributed by atoms with Crippen LogP contribution in [0.5, 0.6) is 5.75 Å². The highest BCUT2D eigenvalue weighted by molar-refractivity contribution is 7.89. The van der Waals surface area contributed by atoms with Crippen molar-refractivity contribution in [1.82, 2.24) is 0 Å². The van der Waals surface area contributed by atoms with Crippen molar-refractivity contribution < 1.29 is 17.9 Å². The second-order valence-corrected chi connectivity index (χ2v) is 9.00. The van der Waals surface area contributed by atoms with E-state index in [-0.39, 0.29) is 10.7 Å². The predicted molar refractivity (Wildman–Crippen MR) is 112 cm³/mol. The number of hydrogen-bond donors (Lipinski definition) is 1. The number of ketones is 1. The summed E-state index contributed by atoms with van der Waals surface area (Å²) in [6.45, 7) is 3.84. The largest absolute Gasteiger partial charge is 0.496 e. The van der Waals surface area contributed by atoms with Gasteiger partial charge in [0.2, 0.25) is 10.0 Å². The van der Waals surface area contributed by atoms with Crippen LogP contribution in [0, 0.1) is 6.92 Å². The van der Waals surface area contributed by atoms with E-state index >= 15 is 0 Å². The quantitative estimate of drug-likeness (QED) is 0.594. The maximum Gasteiger partial charge on any atom is 0.238 e. The molecule has 0 amide bonds. The average Bonchev–Trinajstić information content (AvgIpc) is 3.08. The van der Waals surface area contributed by atoms with Gasteiger partial charge in [0.15, 0.2) is 5.78 Å². The van der Waals surface area contributed by atoms with E-state index in [1.165, 1.54) is 23.5 Å². The van der Waals surface area contributed by atoms with E-state index in [0.717, 1.165) is 32.0 Å². The molecule has 0 aliphatic carbocycles. The summed E-state index contributed by atoms with van der Waals surface area (Å²) in [4.78, 5) is 13.9. The van der Waals surface area contributed by atoms with E-state index < -0.39 is 10.0 Å². The first-order valence-corrected chi connectivity index (χ1v) is 11.1. The number of nitrogens with two attached hydrogens (primary N) is 1. The molecule has 7 heteroatoms. The first kappa shape index (κ1) is 20.3. The molecular weight excluding hydrogens is 394 g/mol. The third-order valence-corrected chi connectivity index (χ3v) is 6.73. The van der Waals surface area contributed by atoms with E-state index in [1.807, 2.05) is 38.1 Å². The Kier molecular flexibility index (Phi) is 5.69. The fourth-order valence-electron chi connectivity index (χ4n) is 2.98. The summed E-state index contributed by atoms with van der Waals surface area (Å²) in [5.41, 5.74) is 3.66. The fraction of sp³-hybridized carbons (Fsp3) is 0.190. The molecule has 28 heavy (non-hydrogen) atoms. The Labute approximate surface area is 168 Å². The Hall–Kier alpha value is -2.48. The molecule has 2 aromatic carbocycles. The molecule has 0 atom stereocenters. The third kappa shape index (κ3) is 4.01. The fourth-order valence-corrected chi connectivity index (χ4v) is 4.67. The van der Waals surface area contributed by atoms with Gasteiger partial charge < -0.3 is 4.74 Å². The van der Waals surface area contributed by atoms with Crippen molar-refractivity contribution in [2.75, 3.05) is 7.11 Å². The van der Waals surface area contributed by atoms with Crippen LogP contribution >= 0.6 is 11.3 Å². The van der Waals surface area contributed by atoms with Crippen LogP contribution in [0.15, 0.2) is 53.4 Å². The monoisotopic (exact) mass is 415 g/mol. The molecule has 0 unspecified atom stereocenters. The number of hydrogen-bond acceptors (Lipinski definition) is 5. The van der Waals surface area contributed by atoms with Crippen LogP contribution in [-0.2, 0) is 10.0 Å². The molecule has 1 aromatic heterocycles. The molecule has 2 N–H and O–H groups in total. The predicted octanol–water partition coefficient (Wildman–Crippen LogP) is 4.64. The Balaban J connectivity index is 2.09. The zero-order valence-corrected chi connectivity index (χ0v) is 17.5. The number of aryl methyl sites for hydroxylation is 1. The van der Waals surface area contributed by atoms with Crippen molar-refractivity contribution in [3.8, 4) is 27.3 Å². The van der Waals surface area contributed by atoms with Crippen LogP contribution in [0.3, 0.4) is 0 Å². The molecule has 0 aliphatic heterocycles. The van der Waals surface area contributed by atoms with Crippen LogP contribution in [0.2, 0.25) is 0 Å². The topological polar surface area (TPSA) is 86.5 Å². The number of Topliss-reactive ketones (excluding diaryl/α,β-unsaturated/α-hetero) is 1. The molecule has 1 heterocycles. The van der Waals surface area contributed by atoms with Gasteiger partial charge >= 0.3 is 0 Å². The summed E-state index contributed by atoms with van der Waals surface area (Å²) >= 11 is 1.48. The lowest BCUT2D eigenvalue weighted by Gasteiger charge is -2.11. The second-order valence-electron chi connectivity index (χ2n) is 6.38. The van der Waals surface area contributed by atoms with E-state index in [4.69, 9.17) is 9.88 Å². The molecule has 3 rings (SSSR count). The van der Waals surface area contributed by atoms with Crippen molar-refractivity contribution in [3.05, 3.63) is 59.0 Å². The van der Waals surface area contributed by atoms with E-state index in [1.54, 1.807) is 19.2 Å². The lowest BCUT2D eigenvalue weighted by molar-refractivity contribution is 0.0992. The van der Waals surface area contributed by atoms with Crippen molar-refractivity contribution in [3.63, 3.8) is 0 Å². The molecule has 0 spiro atoms. The van der Waals surface area contributed by atoms with Gasteiger partial charge in [-0.1, -0.05) is 19.1 Å². The van der Waals surface area contributed by atoms with Gasteiger partial charge in [-0.3, -0.25) is 4.79 Å².